The van der Waals surface area contributed by atoms with Gasteiger partial charge >= 0.3 is 0 Å². The van der Waals surface area contributed by atoms with E-state index in [2.05, 4.69) is 27.6 Å². The average molecular weight is 267 g/mol. The molecular formula is C7H7ClIN. The van der Waals surface area contributed by atoms with Gasteiger partial charge in [0.15, 0.2) is 0 Å². The van der Waals surface area contributed by atoms with Crippen LogP contribution >= 0.6 is 34.2 Å². The van der Waals surface area contributed by atoms with Gasteiger partial charge in [-0.2, -0.15) is 0 Å². The second-order valence-corrected chi connectivity index (χ2v) is 3.43. The summed E-state index contributed by atoms with van der Waals surface area (Å²) in [6, 6.07) is 1.98. The number of alkyl halides is 1. The monoisotopic (exact) mass is 267 g/mol. The lowest BCUT2D eigenvalue weighted by Gasteiger charge is -2.00. The molecule has 1 heterocycles. The van der Waals surface area contributed by atoms with E-state index in [4.69, 9.17) is 11.6 Å². The van der Waals surface area contributed by atoms with Crippen molar-refractivity contribution in [2.24, 2.45) is 0 Å². The van der Waals surface area contributed by atoms with Crippen LogP contribution in [0.3, 0.4) is 0 Å². The number of nitrogens with zero attached hydrogens (tertiary/aromatic N) is 1. The standard InChI is InChI=1S/C7H7ClIN/c1-5-6(9)2-3-10-7(5)4-8/h2-3H,4H2,1H3. The molecule has 1 aromatic rings. The minimum absolute atomic E-state index is 0.503. The fourth-order valence-electron chi connectivity index (χ4n) is 0.687. The van der Waals surface area contributed by atoms with E-state index in [9.17, 15) is 0 Å². The molecule has 0 fully saturated rings. The van der Waals surface area contributed by atoms with Crippen molar-refractivity contribution in [1.29, 1.82) is 0 Å². The summed E-state index contributed by atoms with van der Waals surface area (Å²) in [5, 5.41) is 0. The Morgan fingerprint density at radius 2 is 2.40 bits per heavy atom. The maximum atomic E-state index is 5.64. The molecule has 0 aromatic carbocycles. The topological polar surface area (TPSA) is 12.9 Å². The number of aromatic nitrogens is 1. The van der Waals surface area contributed by atoms with Crippen molar-refractivity contribution >= 4 is 34.2 Å². The summed E-state index contributed by atoms with van der Waals surface area (Å²) < 4.78 is 1.23. The van der Waals surface area contributed by atoms with Crippen LogP contribution in [-0.4, -0.2) is 4.98 Å². The third kappa shape index (κ3) is 1.61. The van der Waals surface area contributed by atoms with Crippen LogP contribution in [0.25, 0.3) is 0 Å². The van der Waals surface area contributed by atoms with Gasteiger partial charge in [0.25, 0.3) is 0 Å². The number of pyridine rings is 1. The van der Waals surface area contributed by atoms with E-state index in [1.54, 1.807) is 6.20 Å². The maximum Gasteiger partial charge on any atom is 0.0650 e. The van der Waals surface area contributed by atoms with Crippen molar-refractivity contribution in [3.63, 3.8) is 0 Å². The third-order valence-electron chi connectivity index (χ3n) is 1.37. The van der Waals surface area contributed by atoms with Gasteiger partial charge in [0.05, 0.1) is 11.6 Å². The summed E-state index contributed by atoms with van der Waals surface area (Å²) in [6.07, 6.45) is 1.78. The molecule has 0 aliphatic rings. The first-order chi connectivity index (χ1) is 4.75. The SMILES string of the molecule is Cc1c(I)ccnc1CCl. The van der Waals surface area contributed by atoms with Gasteiger partial charge in [-0.25, -0.2) is 0 Å². The van der Waals surface area contributed by atoms with Crippen LogP contribution in [-0.2, 0) is 5.88 Å². The van der Waals surface area contributed by atoms with Crippen LogP contribution in [0.5, 0.6) is 0 Å². The first kappa shape index (κ1) is 8.27. The molecule has 0 saturated heterocycles. The summed E-state index contributed by atoms with van der Waals surface area (Å²) in [5.41, 5.74) is 2.17. The molecule has 1 aromatic heterocycles. The van der Waals surface area contributed by atoms with Crippen LogP contribution in [0.1, 0.15) is 11.3 Å². The molecule has 0 amide bonds. The lowest BCUT2D eigenvalue weighted by molar-refractivity contribution is 1.11. The van der Waals surface area contributed by atoms with Crippen LogP contribution in [0, 0.1) is 10.5 Å². The normalized spacial score (nSPS) is 9.90. The lowest BCUT2D eigenvalue weighted by Crippen LogP contribution is -1.91. The third-order valence-corrected chi connectivity index (χ3v) is 2.79. The highest BCUT2D eigenvalue weighted by molar-refractivity contribution is 14.1. The fourth-order valence-corrected chi connectivity index (χ4v) is 1.43. The van der Waals surface area contributed by atoms with Gasteiger partial charge in [-0.15, -0.1) is 11.6 Å². The van der Waals surface area contributed by atoms with Crippen molar-refractivity contribution < 1.29 is 0 Å². The van der Waals surface area contributed by atoms with Crippen molar-refractivity contribution in [2.75, 3.05) is 0 Å². The number of rotatable bonds is 1. The molecule has 0 atom stereocenters. The van der Waals surface area contributed by atoms with E-state index in [0.717, 1.165) is 5.69 Å². The van der Waals surface area contributed by atoms with Crippen molar-refractivity contribution in [1.82, 2.24) is 4.98 Å². The van der Waals surface area contributed by atoms with Gasteiger partial charge < -0.3 is 0 Å². The molecule has 0 aliphatic heterocycles. The highest BCUT2D eigenvalue weighted by Gasteiger charge is 1.99. The zero-order valence-electron chi connectivity index (χ0n) is 5.56. The zero-order chi connectivity index (χ0) is 7.56. The average Bonchev–Trinajstić information content (AvgIpc) is 1.95. The molecule has 0 aliphatic carbocycles. The highest BCUT2D eigenvalue weighted by atomic mass is 127. The van der Waals surface area contributed by atoms with Crippen molar-refractivity contribution in [3.8, 4) is 0 Å². The van der Waals surface area contributed by atoms with Crippen LogP contribution in [0.4, 0.5) is 0 Å². The highest BCUT2D eigenvalue weighted by Crippen LogP contribution is 2.14. The summed E-state index contributed by atoms with van der Waals surface area (Å²) >= 11 is 7.91. The minimum atomic E-state index is 0.503. The van der Waals surface area contributed by atoms with Gasteiger partial charge in [0, 0.05) is 9.77 Å². The lowest BCUT2D eigenvalue weighted by atomic mass is 10.2. The van der Waals surface area contributed by atoms with Gasteiger partial charge in [-0.3, -0.25) is 4.98 Å². The number of halogens is 2. The summed E-state index contributed by atoms with van der Waals surface area (Å²) in [6.45, 7) is 2.03. The van der Waals surface area contributed by atoms with E-state index in [1.165, 1.54) is 9.13 Å². The fraction of sp³-hybridized carbons (Fsp3) is 0.286. The Morgan fingerprint density at radius 3 is 2.90 bits per heavy atom. The maximum absolute atomic E-state index is 5.64. The second kappa shape index (κ2) is 3.53. The first-order valence-corrected chi connectivity index (χ1v) is 4.53. The van der Waals surface area contributed by atoms with Crippen molar-refractivity contribution in [3.05, 3.63) is 27.1 Å². The molecule has 1 rings (SSSR count). The Labute approximate surface area is 78.9 Å². The predicted octanol–water partition coefficient (Wildman–Crippen LogP) is 2.73. The molecule has 10 heavy (non-hydrogen) atoms. The molecule has 0 saturated carbocycles. The number of hydrogen-bond donors (Lipinski definition) is 0. The Bertz CT molecular complexity index is 237. The quantitative estimate of drug-likeness (QED) is 0.563. The van der Waals surface area contributed by atoms with E-state index in [1.807, 2.05) is 13.0 Å². The van der Waals surface area contributed by atoms with E-state index >= 15 is 0 Å². The summed E-state index contributed by atoms with van der Waals surface area (Å²) in [7, 11) is 0. The first-order valence-electron chi connectivity index (χ1n) is 2.91. The largest absolute Gasteiger partial charge is 0.260 e. The van der Waals surface area contributed by atoms with Crippen molar-refractivity contribution in [2.45, 2.75) is 12.8 Å². The Kier molecular flexibility index (Phi) is 2.92. The molecule has 3 heteroatoms. The summed E-state index contributed by atoms with van der Waals surface area (Å²) in [4.78, 5) is 4.12. The van der Waals surface area contributed by atoms with Crippen LogP contribution < -0.4 is 0 Å². The molecule has 0 spiro atoms. The molecule has 0 N–H and O–H groups in total. The van der Waals surface area contributed by atoms with E-state index < -0.39 is 0 Å². The van der Waals surface area contributed by atoms with Gasteiger partial charge in [-0.1, -0.05) is 0 Å². The zero-order valence-corrected chi connectivity index (χ0v) is 8.48. The molecule has 54 valence electrons. The molecule has 0 bridgehead atoms. The van der Waals surface area contributed by atoms with Gasteiger partial charge in [-0.05, 0) is 41.1 Å². The summed E-state index contributed by atoms with van der Waals surface area (Å²) in [5.74, 6) is 0.503. The molecule has 0 radical (unpaired) electrons. The van der Waals surface area contributed by atoms with E-state index in [0.29, 0.717) is 5.88 Å². The molecule has 0 unspecified atom stereocenters. The molecular weight excluding hydrogens is 260 g/mol. The molecule has 1 nitrogen and oxygen atoms in total. The second-order valence-electron chi connectivity index (χ2n) is 2.00. The van der Waals surface area contributed by atoms with E-state index in [-0.39, 0.29) is 0 Å². The smallest absolute Gasteiger partial charge is 0.0650 e. The number of hydrogen-bond acceptors (Lipinski definition) is 1. The van der Waals surface area contributed by atoms with Gasteiger partial charge in [0.1, 0.15) is 0 Å². The van der Waals surface area contributed by atoms with Crippen LogP contribution in [0.2, 0.25) is 0 Å². The Morgan fingerprint density at radius 1 is 1.70 bits per heavy atom. The Hall–Kier alpha value is 0.170. The Balaban J connectivity index is 3.14. The van der Waals surface area contributed by atoms with Crippen LogP contribution in [0.15, 0.2) is 12.3 Å². The minimum Gasteiger partial charge on any atom is -0.260 e. The predicted molar refractivity (Wildman–Crippen MR) is 51.2 cm³/mol. The van der Waals surface area contributed by atoms with Gasteiger partial charge in [0.2, 0.25) is 0 Å².